The van der Waals surface area contributed by atoms with Gasteiger partial charge in [-0.3, -0.25) is 10.1 Å². The summed E-state index contributed by atoms with van der Waals surface area (Å²) in [5, 5.41) is 19.2. The minimum absolute atomic E-state index is 0.0509. The van der Waals surface area contributed by atoms with Gasteiger partial charge in [-0.2, -0.15) is 0 Å². The van der Waals surface area contributed by atoms with Crippen LogP contribution in [0, 0.1) is 17.0 Å². The van der Waals surface area contributed by atoms with E-state index in [9.17, 15) is 10.1 Å². The third-order valence-corrected chi connectivity index (χ3v) is 1.39. The number of nitrogens with zero attached hydrogens (tertiary/aromatic N) is 1. The fourth-order valence-corrected chi connectivity index (χ4v) is 0.794. The van der Waals surface area contributed by atoms with Crippen LogP contribution in [-0.2, 0) is 0 Å². The Balaban J connectivity index is 0.000000671. The highest BCUT2D eigenvalue weighted by Gasteiger charge is 2.09. The molecule has 4 nitrogen and oxygen atoms in total. The third kappa shape index (κ3) is 3.11. The molecule has 0 aromatic heterocycles. The smallest absolute Gasteiger partial charge is 0.275 e. The quantitative estimate of drug-likeness (QED) is 0.537. The van der Waals surface area contributed by atoms with Gasteiger partial charge in [-0.25, -0.2) is 0 Å². The van der Waals surface area contributed by atoms with Crippen LogP contribution >= 0.6 is 0 Å². The Labute approximate surface area is 77.0 Å². The van der Waals surface area contributed by atoms with Crippen molar-refractivity contribution >= 4 is 5.69 Å². The lowest BCUT2D eigenvalue weighted by atomic mass is 10.2. The first-order valence-electron chi connectivity index (χ1n) is 4.05. The molecule has 0 bridgehead atoms. The van der Waals surface area contributed by atoms with E-state index < -0.39 is 4.92 Å². The number of phenolic OH excluding ortho intramolecular Hbond substituents is 1. The second kappa shape index (κ2) is 5.13. The van der Waals surface area contributed by atoms with Gasteiger partial charge in [0.1, 0.15) is 5.75 Å². The van der Waals surface area contributed by atoms with Crippen molar-refractivity contribution in [3.63, 3.8) is 0 Å². The van der Waals surface area contributed by atoms with Crippen LogP contribution in [0.1, 0.15) is 19.4 Å². The maximum atomic E-state index is 10.3. The summed E-state index contributed by atoms with van der Waals surface area (Å²) in [6.45, 7) is 5.62. The van der Waals surface area contributed by atoms with E-state index in [-0.39, 0.29) is 11.4 Å². The summed E-state index contributed by atoms with van der Waals surface area (Å²) >= 11 is 0. The molecule has 0 saturated carbocycles. The molecule has 0 aliphatic heterocycles. The summed E-state index contributed by atoms with van der Waals surface area (Å²) in [5.41, 5.74) is 0.498. The first-order valence-corrected chi connectivity index (χ1v) is 4.05. The number of rotatable bonds is 1. The Bertz CT molecular complexity index is 297. The molecule has 0 atom stereocenters. The predicted octanol–water partition coefficient (Wildman–Crippen LogP) is 2.64. The van der Waals surface area contributed by atoms with Gasteiger partial charge in [-0.05, 0) is 19.1 Å². The lowest BCUT2D eigenvalue weighted by Gasteiger charge is -1.95. The Morgan fingerprint density at radius 2 is 1.92 bits per heavy atom. The molecule has 0 heterocycles. The molecule has 0 spiro atoms. The summed E-state index contributed by atoms with van der Waals surface area (Å²) in [6.07, 6.45) is 0. The maximum Gasteiger partial charge on any atom is 0.275 e. The summed E-state index contributed by atoms with van der Waals surface area (Å²) < 4.78 is 0. The number of hydrogen-bond donors (Lipinski definition) is 1. The summed E-state index contributed by atoms with van der Waals surface area (Å²) in [5.74, 6) is -0.0812. The van der Waals surface area contributed by atoms with Gasteiger partial charge < -0.3 is 5.11 Å². The van der Waals surface area contributed by atoms with Gasteiger partial charge in [0.2, 0.25) is 0 Å². The Kier molecular flexibility index (Phi) is 4.51. The van der Waals surface area contributed by atoms with Crippen LogP contribution in [0.5, 0.6) is 5.75 Å². The van der Waals surface area contributed by atoms with Gasteiger partial charge in [0.25, 0.3) is 5.69 Å². The number of nitro benzene ring substituents is 1. The molecule has 0 unspecified atom stereocenters. The van der Waals surface area contributed by atoms with Crippen molar-refractivity contribution in [2.45, 2.75) is 20.8 Å². The minimum atomic E-state index is -0.519. The van der Waals surface area contributed by atoms with E-state index in [2.05, 4.69) is 0 Å². The summed E-state index contributed by atoms with van der Waals surface area (Å²) in [6, 6.07) is 4.06. The zero-order valence-electron chi connectivity index (χ0n) is 7.94. The highest BCUT2D eigenvalue weighted by Crippen LogP contribution is 2.22. The van der Waals surface area contributed by atoms with Crippen molar-refractivity contribution < 1.29 is 10.0 Å². The molecule has 13 heavy (non-hydrogen) atoms. The summed E-state index contributed by atoms with van der Waals surface area (Å²) in [7, 11) is 0. The summed E-state index contributed by atoms with van der Waals surface area (Å²) in [4.78, 5) is 9.75. The molecule has 0 fully saturated rings. The monoisotopic (exact) mass is 183 g/mol. The lowest BCUT2D eigenvalue weighted by Crippen LogP contribution is -1.90. The van der Waals surface area contributed by atoms with E-state index in [1.165, 1.54) is 12.1 Å². The molecule has 1 aromatic carbocycles. The van der Waals surface area contributed by atoms with E-state index in [0.29, 0.717) is 5.56 Å². The van der Waals surface area contributed by atoms with E-state index >= 15 is 0 Å². The highest BCUT2D eigenvalue weighted by molar-refractivity contribution is 5.44. The number of hydrogen-bond acceptors (Lipinski definition) is 3. The van der Waals surface area contributed by atoms with Crippen LogP contribution in [0.25, 0.3) is 0 Å². The fourth-order valence-electron chi connectivity index (χ4n) is 0.794. The second-order valence-corrected chi connectivity index (χ2v) is 2.23. The molecular weight excluding hydrogens is 170 g/mol. The van der Waals surface area contributed by atoms with Crippen LogP contribution in [0.4, 0.5) is 5.69 Å². The number of nitro groups is 1. The van der Waals surface area contributed by atoms with Crippen LogP contribution in [0.15, 0.2) is 18.2 Å². The van der Waals surface area contributed by atoms with Gasteiger partial charge in [0.05, 0.1) is 11.0 Å². The van der Waals surface area contributed by atoms with E-state index in [1.807, 2.05) is 13.8 Å². The normalized spacial score (nSPS) is 8.54. The predicted molar refractivity (Wildman–Crippen MR) is 50.8 cm³/mol. The molecule has 4 heteroatoms. The van der Waals surface area contributed by atoms with Crippen LogP contribution in [0.2, 0.25) is 0 Å². The molecule has 1 rings (SSSR count). The van der Waals surface area contributed by atoms with Gasteiger partial charge in [-0.15, -0.1) is 0 Å². The van der Waals surface area contributed by atoms with Crippen LogP contribution in [0.3, 0.4) is 0 Å². The standard InChI is InChI=1S/C7H7NO3.C2H6/c1-5-2-3-6(9)4-7(5)8(10)11;1-2/h2-4,9H,1H3;1-2H3. The zero-order chi connectivity index (χ0) is 10.4. The molecular formula is C9H13NO3. The Morgan fingerprint density at radius 3 is 2.31 bits per heavy atom. The fraction of sp³-hybridized carbons (Fsp3) is 0.333. The number of aromatic hydroxyl groups is 1. The number of aryl methyl sites for hydroxylation is 1. The second-order valence-electron chi connectivity index (χ2n) is 2.23. The Hall–Kier alpha value is -1.58. The first kappa shape index (κ1) is 11.4. The lowest BCUT2D eigenvalue weighted by molar-refractivity contribution is -0.385. The Morgan fingerprint density at radius 1 is 1.38 bits per heavy atom. The van der Waals surface area contributed by atoms with E-state index in [0.717, 1.165) is 6.07 Å². The van der Waals surface area contributed by atoms with Crippen molar-refractivity contribution in [2.75, 3.05) is 0 Å². The average Bonchev–Trinajstić information content (AvgIpc) is 2.12. The molecule has 0 amide bonds. The van der Waals surface area contributed by atoms with E-state index in [4.69, 9.17) is 5.11 Å². The third-order valence-electron chi connectivity index (χ3n) is 1.39. The molecule has 0 aliphatic rings. The number of benzene rings is 1. The topological polar surface area (TPSA) is 63.4 Å². The van der Waals surface area contributed by atoms with Crippen molar-refractivity contribution in [2.24, 2.45) is 0 Å². The van der Waals surface area contributed by atoms with Crippen LogP contribution < -0.4 is 0 Å². The molecule has 0 saturated heterocycles. The maximum absolute atomic E-state index is 10.3. The molecule has 1 aromatic rings. The van der Waals surface area contributed by atoms with Gasteiger partial charge in [-0.1, -0.05) is 13.8 Å². The van der Waals surface area contributed by atoms with E-state index in [1.54, 1.807) is 6.92 Å². The van der Waals surface area contributed by atoms with Crippen LogP contribution in [-0.4, -0.2) is 10.0 Å². The van der Waals surface area contributed by atoms with Gasteiger partial charge in [0, 0.05) is 5.56 Å². The molecule has 1 N–H and O–H groups in total. The van der Waals surface area contributed by atoms with Gasteiger partial charge >= 0.3 is 0 Å². The zero-order valence-corrected chi connectivity index (χ0v) is 7.94. The average molecular weight is 183 g/mol. The minimum Gasteiger partial charge on any atom is -0.508 e. The molecule has 0 aliphatic carbocycles. The SMILES string of the molecule is CC.Cc1ccc(O)cc1[N+](=O)[O-]. The first-order chi connectivity index (χ1) is 6.11. The van der Waals surface area contributed by atoms with Gasteiger partial charge in [0.15, 0.2) is 0 Å². The highest BCUT2D eigenvalue weighted by atomic mass is 16.6. The van der Waals surface area contributed by atoms with Crippen molar-refractivity contribution in [3.8, 4) is 5.75 Å². The van der Waals surface area contributed by atoms with Crippen molar-refractivity contribution in [3.05, 3.63) is 33.9 Å². The largest absolute Gasteiger partial charge is 0.508 e. The molecule has 0 radical (unpaired) electrons. The number of phenols is 1. The molecule has 72 valence electrons. The van der Waals surface area contributed by atoms with Crippen molar-refractivity contribution in [1.29, 1.82) is 0 Å². The van der Waals surface area contributed by atoms with Crippen molar-refractivity contribution in [1.82, 2.24) is 0 Å².